The molecule has 0 spiro atoms. The van der Waals surface area contributed by atoms with Crippen molar-refractivity contribution >= 4 is 37.3 Å². The number of amides is 1. The number of hydrogen-bond donors (Lipinski definition) is 5. The van der Waals surface area contributed by atoms with Crippen LogP contribution in [-0.2, 0) is 24.8 Å². The summed E-state index contributed by atoms with van der Waals surface area (Å²) in [4.78, 5) is 11.9. The summed E-state index contributed by atoms with van der Waals surface area (Å²) < 4.78 is 45.4. The van der Waals surface area contributed by atoms with E-state index in [1.807, 2.05) is 0 Å². The van der Waals surface area contributed by atoms with Crippen molar-refractivity contribution in [1.82, 2.24) is 5.43 Å². The summed E-state index contributed by atoms with van der Waals surface area (Å²) in [6, 6.07) is 8.73. The fourth-order valence-electron chi connectivity index (χ4n) is 2.44. The van der Waals surface area contributed by atoms with Crippen LogP contribution >= 0.6 is 0 Å². The molecule has 0 radical (unpaired) electrons. The van der Waals surface area contributed by atoms with Crippen LogP contribution in [0.4, 0.5) is 11.4 Å². The third-order valence-corrected chi connectivity index (χ3v) is 5.57. The van der Waals surface area contributed by atoms with Crippen molar-refractivity contribution in [3.63, 3.8) is 0 Å². The lowest BCUT2D eigenvalue weighted by Crippen LogP contribution is -2.32. The Labute approximate surface area is 149 Å². The molecule has 26 heavy (non-hydrogen) atoms. The fourth-order valence-corrected chi connectivity index (χ4v) is 3.51. The molecule has 0 aliphatic carbocycles. The highest BCUT2D eigenvalue weighted by Crippen LogP contribution is 2.32. The zero-order chi connectivity index (χ0) is 19.1. The summed E-state index contributed by atoms with van der Waals surface area (Å²) >= 11 is 0. The average Bonchev–Trinajstić information content (AvgIpc) is 2.86. The van der Waals surface area contributed by atoms with Crippen LogP contribution in [-0.4, -0.2) is 22.7 Å². The predicted molar refractivity (Wildman–Crippen MR) is 93.8 cm³/mol. The van der Waals surface area contributed by atoms with Gasteiger partial charge in [-0.2, -0.15) is 0 Å². The third-order valence-electron chi connectivity index (χ3n) is 3.73. The fraction of sp³-hybridized carbons (Fsp3) is 0.0714. The first-order chi connectivity index (χ1) is 12.1. The van der Waals surface area contributed by atoms with E-state index in [-0.39, 0.29) is 15.7 Å². The molecule has 138 valence electrons. The Kier molecular flexibility index (Phi) is 4.46. The number of fused-ring (bicyclic) bond motifs is 1. The second-order valence-electron chi connectivity index (χ2n) is 5.56. The van der Waals surface area contributed by atoms with Crippen molar-refractivity contribution in [2.24, 2.45) is 10.3 Å². The minimum Gasteiger partial charge on any atom is -0.324 e. The van der Waals surface area contributed by atoms with Gasteiger partial charge in [-0.25, -0.2) is 32.5 Å². The molecule has 3 rings (SSSR count). The number of anilines is 2. The summed E-state index contributed by atoms with van der Waals surface area (Å²) in [5.74, 6) is -0.389. The number of carbonyl (C=O) groups is 1. The number of benzene rings is 2. The molecule has 12 heteroatoms. The van der Waals surface area contributed by atoms with E-state index in [1.54, 1.807) is 0 Å². The molecule has 1 amide bonds. The quantitative estimate of drug-likeness (QED) is 0.426. The molecular weight excluding hydrogens is 382 g/mol. The second-order valence-corrected chi connectivity index (χ2v) is 8.68. The van der Waals surface area contributed by atoms with E-state index in [0.29, 0.717) is 16.9 Å². The lowest BCUT2D eigenvalue weighted by atomic mass is 10.1. The van der Waals surface area contributed by atoms with Gasteiger partial charge in [-0.05, 0) is 42.5 Å². The van der Waals surface area contributed by atoms with E-state index in [2.05, 4.69) is 16.2 Å². The summed E-state index contributed by atoms with van der Waals surface area (Å²) in [6.07, 6.45) is 0. The number of nitrogens with one attached hydrogen (secondary N) is 3. The Morgan fingerprint density at radius 1 is 0.885 bits per heavy atom. The van der Waals surface area contributed by atoms with E-state index in [1.165, 1.54) is 42.5 Å². The highest BCUT2D eigenvalue weighted by Gasteiger charge is 2.31. The maximum atomic E-state index is 12.1. The van der Waals surface area contributed by atoms with Crippen LogP contribution in [0, 0.1) is 0 Å². The van der Waals surface area contributed by atoms with Gasteiger partial charge in [0, 0.05) is 16.9 Å². The first-order valence-electron chi connectivity index (χ1n) is 7.18. The lowest BCUT2D eigenvalue weighted by Gasteiger charge is -2.14. The molecule has 0 bridgehead atoms. The van der Waals surface area contributed by atoms with Gasteiger partial charge in [0.2, 0.25) is 26.0 Å². The zero-order valence-electron chi connectivity index (χ0n) is 13.1. The molecule has 0 aromatic heterocycles. The lowest BCUT2D eigenvalue weighted by molar-refractivity contribution is -0.117. The molecule has 10 nitrogen and oxygen atoms in total. The molecular formula is C14H15N5O5S2. The summed E-state index contributed by atoms with van der Waals surface area (Å²) in [7, 11) is -7.71. The number of hydrogen-bond acceptors (Lipinski definition) is 7. The minimum atomic E-state index is -3.91. The molecule has 7 N–H and O–H groups in total. The molecule has 1 aliphatic heterocycles. The van der Waals surface area contributed by atoms with Crippen molar-refractivity contribution in [1.29, 1.82) is 0 Å². The van der Waals surface area contributed by atoms with Gasteiger partial charge in [0.25, 0.3) is 0 Å². The van der Waals surface area contributed by atoms with Crippen molar-refractivity contribution < 1.29 is 21.6 Å². The molecule has 1 heterocycles. The van der Waals surface area contributed by atoms with E-state index in [9.17, 15) is 21.6 Å². The second kappa shape index (κ2) is 6.34. The number of primary sulfonamides is 2. The van der Waals surface area contributed by atoms with Gasteiger partial charge in [-0.1, -0.05) is 0 Å². The Balaban J connectivity index is 1.80. The monoisotopic (exact) mass is 397 g/mol. The Bertz CT molecular complexity index is 1080. The molecule has 1 atom stereocenters. The maximum absolute atomic E-state index is 12.1. The zero-order valence-corrected chi connectivity index (χ0v) is 14.8. The van der Waals surface area contributed by atoms with Crippen LogP contribution in [0.3, 0.4) is 0 Å². The molecule has 1 unspecified atom stereocenters. The number of rotatable bonds is 5. The van der Waals surface area contributed by atoms with Gasteiger partial charge in [0.05, 0.1) is 9.79 Å². The van der Waals surface area contributed by atoms with Gasteiger partial charge in [0.15, 0.2) is 0 Å². The van der Waals surface area contributed by atoms with Crippen molar-refractivity contribution in [2.45, 2.75) is 15.8 Å². The molecule has 0 saturated carbocycles. The first-order valence-corrected chi connectivity index (χ1v) is 10.3. The molecule has 1 aliphatic rings. The van der Waals surface area contributed by atoms with Gasteiger partial charge in [-0.3, -0.25) is 4.79 Å². The third kappa shape index (κ3) is 3.68. The molecule has 2 aromatic rings. The number of carbonyl (C=O) groups excluding carboxylic acids is 1. The molecule has 2 aromatic carbocycles. The highest BCUT2D eigenvalue weighted by molar-refractivity contribution is 7.89. The van der Waals surface area contributed by atoms with E-state index >= 15 is 0 Å². The van der Waals surface area contributed by atoms with Gasteiger partial charge < -0.3 is 10.7 Å². The predicted octanol–water partition coefficient (Wildman–Crippen LogP) is -0.409. The van der Waals surface area contributed by atoms with Crippen molar-refractivity contribution in [3.05, 3.63) is 48.0 Å². The topological polar surface area (TPSA) is 173 Å². The molecule has 0 fully saturated rings. The Hall–Kier alpha value is -2.51. The number of hydrazine groups is 1. The number of sulfonamides is 2. The van der Waals surface area contributed by atoms with Crippen LogP contribution in [0.5, 0.6) is 0 Å². The summed E-state index contributed by atoms with van der Waals surface area (Å²) in [5.41, 5.74) is 6.88. The van der Waals surface area contributed by atoms with Crippen LogP contribution in [0.15, 0.2) is 52.3 Å². The minimum absolute atomic E-state index is 0.0511. The SMILES string of the molecule is NS(=O)(=O)c1ccc(NNC2C(=O)Nc3ccc(S(N)(=O)=O)cc32)cc1. The largest absolute Gasteiger partial charge is 0.324 e. The summed E-state index contributed by atoms with van der Waals surface area (Å²) in [5, 5.41) is 12.8. The Morgan fingerprint density at radius 2 is 1.46 bits per heavy atom. The van der Waals surface area contributed by atoms with E-state index in [4.69, 9.17) is 10.3 Å². The first kappa shape index (κ1) is 18.3. The van der Waals surface area contributed by atoms with E-state index < -0.39 is 26.1 Å². The van der Waals surface area contributed by atoms with Gasteiger partial charge in [-0.15, -0.1) is 0 Å². The smallest absolute Gasteiger partial charge is 0.247 e. The van der Waals surface area contributed by atoms with Crippen LogP contribution in [0.2, 0.25) is 0 Å². The Morgan fingerprint density at radius 3 is 2.04 bits per heavy atom. The van der Waals surface area contributed by atoms with Crippen LogP contribution in [0.25, 0.3) is 0 Å². The average molecular weight is 397 g/mol. The maximum Gasteiger partial charge on any atom is 0.247 e. The highest BCUT2D eigenvalue weighted by atomic mass is 32.2. The van der Waals surface area contributed by atoms with Crippen LogP contribution < -0.4 is 26.4 Å². The van der Waals surface area contributed by atoms with Gasteiger partial charge in [0.1, 0.15) is 6.04 Å². The molecule has 0 saturated heterocycles. The van der Waals surface area contributed by atoms with Gasteiger partial charge >= 0.3 is 0 Å². The van der Waals surface area contributed by atoms with Crippen molar-refractivity contribution in [3.8, 4) is 0 Å². The standard InChI is InChI=1S/C14H15N5O5S2/c15-25(21,22)9-3-1-8(2-4-9)18-19-13-11-7-10(26(16,23)24)5-6-12(11)17-14(13)20/h1-7,13,18-19H,(H,17,20)(H2,15,21,22)(H2,16,23,24). The van der Waals surface area contributed by atoms with Crippen LogP contribution in [0.1, 0.15) is 11.6 Å². The summed E-state index contributed by atoms with van der Waals surface area (Å²) in [6.45, 7) is 0. The van der Waals surface area contributed by atoms with E-state index in [0.717, 1.165) is 0 Å². The normalized spacial score (nSPS) is 16.8. The number of nitrogens with two attached hydrogens (primary N) is 2. The van der Waals surface area contributed by atoms with Crippen molar-refractivity contribution in [2.75, 3.05) is 10.7 Å².